The summed E-state index contributed by atoms with van der Waals surface area (Å²) in [5.41, 5.74) is 8.46. The van der Waals surface area contributed by atoms with Gasteiger partial charge in [-0.3, -0.25) is 5.43 Å². The molecule has 5 aromatic rings. The first kappa shape index (κ1) is 21.8. The molecule has 0 aliphatic heterocycles. The molecule has 2 aromatic heterocycles. The Morgan fingerprint density at radius 1 is 0.882 bits per heavy atom. The van der Waals surface area contributed by atoms with Gasteiger partial charge >= 0.3 is 0 Å². The molecule has 5 rings (SSSR count). The van der Waals surface area contributed by atoms with E-state index in [-0.39, 0.29) is 5.41 Å². The Kier molecular flexibility index (Phi) is 5.62. The van der Waals surface area contributed by atoms with Crippen LogP contribution < -0.4 is 10.8 Å². The first-order valence-electron chi connectivity index (χ1n) is 11.6. The van der Waals surface area contributed by atoms with Gasteiger partial charge in [-0.1, -0.05) is 70.2 Å². The Bertz CT molecular complexity index is 1540. The van der Waals surface area contributed by atoms with Gasteiger partial charge in [-0.25, -0.2) is 9.97 Å². The van der Waals surface area contributed by atoms with Crippen LogP contribution in [-0.2, 0) is 11.8 Å². The fourth-order valence-corrected chi connectivity index (χ4v) is 4.01. The summed E-state index contributed by atoms with van der Waals surface area (Å²) in [6, 6.07) is 24.7. The van der Waals surface area contributed by atoms with Gasteiger partial charge < -0.3 is 4.42 Å². The van der Waals surface area contributed by atoms with Crippen molar-refractivity contribution in [1.29, 1.82) is 0 Å². The maximum Gasteiger partial charge on any atom is 0.157 e. The Labute approximate surface area is 199 Å². The number of anilines is 1. The number of hydrogen-bond donors (Lipinski definition) is 1. The molecule has 170 valence electrons. The van der Waals surface area contributed by atoms with E-state index in [1.54, 1.807) is 6.33 Å². The highest BCUT2D eigenvalue weighted by Crippen LogP contribution is 2.27. The van der Waals surface area contributed by atoms with Crippen molar-refractivity contribution in [3.8, 4) is 11.3 Å². The van der Waals surface area contributed by atoms with Gasteiger partial charge in [0.05, 0.1) is 10.9 Å². The predicted molar refractivity (Wildman–Crippen MR) is 138 cm³/mol. The molecule has 0 unspecified atom stereocenters. The molecule has 3 aromatic carbocycles. The summed E-state index contributed by atoms with van der Waals surface area (Å²) in [6.45, 7) is 8.79. The van der Waals surface area contributed by atoms with E-state index in [0.717, 1.165) is 45.0 Å². The highest BCUT2D eigenvalue weighted by Gasteiger charge is 2.14. The quantitative estimate of drug-likeness (QED) is 0.306. The Balaban J connectivity index is 1.64. The van der Waals surface area contributed by atoms with Crippen LogP contribution in [0.1, 0.15) is 38.8 Å². The monoisotopic (exact) mass is 448 g/mol. The van der Waals surface area contributed by atoms with E-state index in [1.165, 1.54) is 11.1 Å². The lowest BCUT2D eigenvalue weighted by Crippen LogP contribution is -2.10. The molecule has 0 spiro atoms. The van der Waals surface area contributed by atoms with Gasteiger partial charge in [-0.15, -0.1) is 0 Å². The van der Waals surface area contributed by atoms with Crippen LogP contribution in [0.3, 0.4) is 0 Å². The summed E-state index contributed by atoms with van der Waals surface area (Å²) in [5, 5.41) is 7.45. The molecular formula is C29H28N4O. The van der Waals surface area contributed by atoms with Crippen LogP contribution in [0.15, 0.2) is 88.6 Å². The lowest BCUT2D eigenvalue weighted by Gasteiger charge is -2.19. The molecule has 2 heterocycles. The molecule has 0 fully saturated rings. The molecule has 0 aliphatic carbocycles. The zero-order valence-electron chi connectivity index (χ0n) is 20.0. The van der Waals surface area contributed by atoms with Crippen molar-refractivity contribution in [2.45, 2.75) is 39.5 Å². The van der Waals surface area contributed by atoms with Crippen LogP contribution in [-0.4, -0.2) is 9.97 Å². The molecule has 0 radical (unpaired) electrons. The molecule has 0 saturated heterocycles. The second kappa shape index (κ2) is 8.75. The Morgan fingerprint density at radius 3 is 2.44 bits per heavy atom. The van der Waals surface area contributed by atoms with Gasteiger partial charge in [0.1, 0.15) is 17.7 Å². The van der Waals surface area contributed by atoms with Gasteiger partial charge in [0.25, 0.3) is 0 Å². The number of aromatic nitrogens is 2. The van der Waals surface area contributed by atoms with E-state index in [0.29, 0.717) is 5.82 Å². The fraction of sp³-hybridized carbons (Fsp3) is 0.207. The minimum Gasteiger partial charge on any atom is -0.456 e. The van der Waals surface area contributed by atoms with E-state index in [9.17, 15) is 0 Å². The molecule has 0 saturated carbocycles. The number of rotatable bonds is 4. The van der Waals surface area contributed by atoms with Crippen LogP contribution in [0.5, 0.6) is 0 Å². The Hall–Kier alpha value is -3.99. The minimum absolute atomic E-state index is 0.0976. The van der Waals surface area contributed by atoms with Crippen molar-refractivity contribution in [3.05, 3.63) is 95.6 Å². The van der Waals surface area contributed by atoms with Crippen LogP contribution in [0, 0.1) is 0 Å². The largest absolute Gasteiger partial charge is 0.456 e. The number of nitrogens with one attached hydrogen (secondary N) is 1. The van der Waals surface area contributed by atoms with E-state index < -0.39 is 0 Å². The maximum atomic E-state index is 6.32. The molecule has 34 heavy (non-hydrogen) atoms. The van der Waals surface area contributed by atoms with Gasteiger partial charge in [0.2, 0.25) is 0 Å². The summed E-state index contributed by atoms with van der Waals surface area (Å²) >= 11 is 0. The first-order valence-corrected chi connectivity index (χ1v) is 11.6. The maximum absolute atomic E-state index is 6.32. The number of para-hydroxylation sites is 1. The molecule has 1 N–H and O–H groups in total. The van der Waals surface area contributed by atoms with Gasteiger partial charge in [0, 0.05) is 22.4 Å². The smallest absolute Gasteiger partial charge is 0.157 e. The van der Waals surface area contributed by atoms with Crippen molar-refractivity contribution < 1.29 is 4.42 Å². The molecule has 5 heteroatoms. The van der Waals surface area contributed by atoms with Crippen LogP contribution in [0.25, 0.3) is 33.2 Å². The lowest BCUT2D eigenvalue weighted by molar-refractivity contribution is 0.589. The fourth-order valence-electron chi connectivity index (χ4n) is 4.01. The van der Waals surface area contributed by atoms with E-state index in [4.69, 9.17) is 9.52 Å². The van der Waals surface area contributed by atoms with Crippen molar-refractivity contribution in [2.75, 3.05) is 5.43 Å². The second-order valence-corrected chi connectivity index (χ2v) is 9.47. The Morgan fingerprint density at radius 2 is 1.68 bits per heavy atom. The summed E-state index contributed by atoms with van der Waals surface area (Å²) < 4.78 is 6.32. The number of hydrogen-bond acceptors (Lipinski definition) is 5. The molecule has 0 aliphatic rings. The summed E-state index contributed by atoms with van der Waals surface area (Å²) in [4.78, 5) is 8.75. The normalized spacial score (nSPS) is 12.4. The molecule has 0 amide bonds. The van der Waals surface area contributed by atoms with Crippen molar-refractivity contribution in [3.63, 3.8) is 0 Å². The highest BCUT2D eigenvalue weighted by atomic mass is 16.3. The van der Waals surface area contributed by atoms with E-state index in [2.05, 4.69) is 79.5 Å². The molecule has 5 nitrogen and oxygen atoms in total. The van der Waals surface area contributed by atoms with Gasteiger partial charge in [-0.2, -0.15) is 5.10 Å². The minimum atomic E-state index is 0.0976. The van der Waals surface area contributed by atoms with Crippen LogP contribution in [0.4, 0.5) is 5.82 Å². The summed E-state index contributed by atoms with van der Waals surface area (Å²) in [7, 11) is 0. The average molecular weight is 449 g/mol. The molecule has 0 atom stereocenters. The van der Waals surface area contributed by atoms with E-state index in [1.807, 2.05) is 36.4 Å². The predicted octanol–water partition coefficient (Wildman–Crippen LogP) is 6.83. The van der Waals surface area contributed by atoms with Crippen molar-refractivity contribution >= 4 is 27.7 Å². The van der Waals surface area contributed by atoms with Gasteiger partial charge in [-0.05, 0) is 47.2 Å². The molecule has 0 bridgehead atoms. The van der Waals surface area contributed by atoms with Crippen LogP contribution in [0.2, 0.25) is 0 Å². The highest BCUT2D eigenvalue weighted by molar-refractivity contribution is 5.88. The lowest BCUT2D eigenvalue weighted by atomic mass is 9.86. The average Bonchev–Trinajstić information content (AvgIpc) is 2.86. The third-order valence-electron chi connectivity index (χ3n) is 6.08. The standard InChI is InChI=1S/C29H28N4O/c1-5-19-10-15-26-23(16-19)25(32-33-28-22-8-6-7-9-24(22)30-18-31-28)17-27(34-26)20-11-13-21(14-12-20)29(2,3)4/h6-18H,5H2,1-4H3,(H,30,31,33). The first-order chi connectivity index (χ1) is 16.4. The summed E-state index contributed by atoms with van der Waals surface area (Å²) in [6.07, 6.45) is 2.49. The van der Waals surface area contributed by atoms with Crippen molar-refractivity contribution in [2.24, 2.45) is 5.10 Å². The molecular weight excluding hydrogens is 420 g/mol. The summed E-state index contributed by atoms with van der Waals surface area (Å²) in [5.74, 6) is 1.44. The van der Waals surface area contributed by atoms with Crippen molar-refractivity contribution in [1.82, 2.24) is 9.97 Å². The zero-order valence-corrected chi connectivity index (χ0v) is 20.0. The third kappa shape index (κ3) is 4.29. The number of fused-ring (bicyclic) bond motifs is 2. The second-order valence-electron chi connectivity index (χ2n) is 9.47. The van der Waals surface area contributed by atoms with Crippen LogP contribution >= 0.6 is 0 Å². The van der Waals surface area contributed by atoms with E-state index >= 15 is 0 Å². The van der Waals surface area contributed by atoms with Gasteiger partial charge in [0.15, 0.2) is 5.82 Å². The zero-order chi connectivity index (χ0) is 23.7. The topological polar surface area (TPSA) is 63.3 Å². The third-order valence-corrected chi connectivity index (χ3v) is 6.08. The number of nitrogens with zero attached hydrogens (tertiary/aromatic N) is 3. The number of aryl methyl sites for hydroxylation is 1. The SMILES string of the molecule is CCc1ccc2oc(-c3ccc(C(C)(C)C)cc3)cc(=NNc3ncnc4ccccc34)c2c1. The number of benzene rings is 3.